The number of nitrogens with one attached hydrogen (secondary N) is 1. The Hall–Kier alpha value is -2.66. The lowest BCUT2D eigenvalue weighted by molar-refractivity contribution is -0.153. The first-order chi connectivity index (χ1) is 10.3. The van der Waals surface area contributed by atoms with Gasteiger partial charge in [0, 0.05) is 5.56 Å². The minimum atomic E-state index is -1.03. The molecule has 2 aromatic carbocycles. The molecule has 0 spiro atoms. The van der Waals surface area contributed by atoms with Crippen molar-refractivity contribution in [2.75, 3.05) is 0 Å². The smallest absolute Gasteiger partial charge is 0.294 e. The standard InChI is InChI=1S/C16H15NO4/c18-12-20-15(14-9-5-2-6-10-14)16(19)17-21-11-13-7-3-1-4-8-13/h1-10,12,15H,11H2,(H,17,19). The number of hydroxylamine groups is 1. The van der Waals surface area contributed by atoms with Crippen molar-refractivity contribution in [1.82, 2.24) is 5.48 Å². The van der Waals surface area contributed by atoms with Gasteiger partial charge in [0.05, 0.1) is 6.61 Å². The largest absolute Gasteiger partial charge is 0.449 e. The summed E-state index contributed by atoms with van der Waals surface area (Å²) in [7, 11) is 0. The lowest BCUT2D eigenvalue weighted by atomic mass is 10.1. The van der Waals surface area contributed by atoms with Gasteiger partial charge in [0.2, 0.25) is 6.10 Å². The van der Waals surface area contributed by atoms with E-state index in [1.807, 2.05) is 36.4 Å². The lowest BCUT2D eigenvalue weighted by Crippen LogP contribution is -2.30. The van der Waals surface area contributed by atoms with E-state index >= 15 is 0 Å². The van der Waals surface area contributed by atoms with E-state index in [4.69, 9.17) is 9.57 Å². The Morgan fingerprint density at radius 2 is 1.67 bits per heavy atom. The molecule has 2 rings (SSSR count). The van der Waals surface area contributed by atoms with Crippen LogP contribution in [0.4, 0.5) is 0 Å². The van der Waals surface area contributed by atoms with Crippen molar-refractivity contribution >= 4 is 12.4 Å². The van der Waals surface area contributed by atoms with Crippen LogP contribution in [0.25, 0.3) is 0 Å². The molecule has 0 saturated heterocycles. The van der Waals surface area contributed by atoms with E-state index < -0.39 is 12.0 Å². The van der Waals surface area contributed by atoms with Crippen molar-refractivity contribution < 1.29 is 19.2 Å². The predicted octanol–water partition coefficient (Wildman–Crippen LogP) is 2.15. The number of rotatable bonds is 7. The van der Waals surface area contributed by atoms with Crippen LogP contribution < -0.4 is 5.48 Å². The molecule has 0 saturated carbocycles. The molecule has 1 N–H and O–H groups in total. The summed E-state index contributed by atoms with van der Waals surface area (Å²) in [5.41, 5.74) is 3.79. The molecule has 0 aliphatic rings. The number of ether oxygens (including phenoxy) is 1. The van der Waals surface area contributed by atoms with Crippen LogP contribution in [-0.4, -0.2) is 12.4 Å². The van der Waals surface area contributed by atoms with Gasteiger partial charge in [-0.2, -0.15) is 0 Å². The normalized spacial score (nSPS) is 11.4. The minimum absolute atomic E-state index is 0.231. The summed E-state index contributed by atoms with van der Waals surface area (Å²) in [6.07, 6.45) is -1.03. The quantitative estimate of drug-likeness (QED) is 0.625. The first-order valence-electron chi connectivity index (χ1n) is 6.41. The van der Waals surface area contributed by atoms with Gasteiger partial charge >= 0.3 is 0 Å². The predicted molar refractivity (Wildman–Crippen MR) is 75.7 cm³/mol. The average molecular weight is 285 g/mol. The van der Waals surface area contributed by atoms with E-state index in [2.05, 4.69) is 5.48 Å². The van der Waals surface area contributed by atoms with E-state index in [1.54, 1.807) is 24.3 Å². The van der Waals surface area contributed by atoms with Crippen LogP contribution in [0.3, 0.4) is 0 Å². The molecule has 1 atom stereocenters. The van der Waals surface area contributed by atoms with Crippen molar-refractivity contribution in [3.05, 3.63) is 71.8 Å². The fraction of sp³-hybridized carbons (Fsp3) is 0.125. The third-order valence-corrected chi connectivity index (χ3v) is 2.79. The van der Waals surface area contributed by atoms with E-state index in [0.717, 1.165) is 5.56 Å². The van der Waals surface area contributed by atoms with Crippen LogP contribution in [-0.2, 0) is 25.8 Å². The third kappa shape index (κ3) is 4.43. The summed E-state index contributed by atoms with van der Waals surface area (Å²) in [6, 6.07) is 18.1. The second-order valence-corrected chi connectivity index (χ2v) is 4.26. The van der Waals surface area contributed by atoms with Crippen LogP contribution in [0, 0.1) is 0 Å². The van der Waals surface area contributed by atoms with E-state index in [9.17, 15) is 9.59 Å². The average Bonchev–Trinajstić information content (AvgIpc) is 2.54. The molecule has 0 aromatic heterocycles. The molecule has 0 aliphatic heterocycles. The molecule has 0 heterocycles. The fourth-order valence-corrected chi connectivity index (χ4v) is 1.79. The summed E-state index contributed by atoms with van der Waals surface area (Å²) in [4.78, 5) is 27.7. The summed E-state index contributed by atoms with van der Waals surface area (Å²) >= 11 is 0. The van der Waals surface area contributed by atoms with Gasteiger partial charge < -0.3 is 4.74 Å². The molecule has 1 amide bonds. The van der Waals surface area contributed by atoms with Crippen molar-refractivity contribution in [1.29, 1.82) is 0 Å². The summed E-state index contributed by atoms with van der Waals surface area (Å²) < 4.78 is 4.82. The van der Waals surface area contributed by atoms with Gasteiger partial charge in [-0.3, -0.25) is 14.4 Å². The van der Waals surface area contributed by atoms with Crippen molar-refractivity contribution in [3.63, 3.8) is 0 Å². The highest BCUT2D eigenvalue weighted by molar-refractivity contribution is 5.82. The number of hydrogen-bond donors (Lipinski definition) is 1. The Kier molecular flexibility index (Phi) is 5.49. The highest BCUT2D eigenvalue weighted by Crippen LogP contribution is 2.16. The Balaban J connectivity index is 1.92. The molecule has 5 heteroatoms. The minimum Gasteiger partial charge on any atom is -0.449 e. The van der Waals surface area contributed by atoms with Gasteiger partial charge in [-0.05, 0) is 5.56 Å². The Labute approximate surface area is 122 Å². The molecule has 2 aromatic rings. The summed E-state index contributed by atoms with van der Waals surface area (Å²) in [6.45, 7) is 0.476. The molecular formula is C16H15NO4. The van der Waals surface area contributed by atoms with Gasteiger partial charge in [-0.1, -0.05) is 60.7 Å². The van der Waals surface area contributed by atoms with Crippen molar-refractivity contribution in [3.8, 4) is 0 Å². The van der Waals surface area contributed by atoms with Gasteiger partial charge in [-0.25, -0.2) is 5.48 Å². The second kappa shape index (κ2) is 7.81. The van der Waals surface area contributed by atoms with Crippen LogP contribution in [0.2, 0.25) is 0 Å². The molecule has 21 heavy (non-hydrogen) atoms. The maximum atomic E-state index is 12.0. The fourth-order valence-electron chi connectivity index (χ4n) is 1.79. The van der Waals surface area contributed by atoms with Crippen LogP contribution in [0.15, 0.2) is 60.7 Å². The van der Waals surface area contributed by atoms with Crippen LogP contribution in [0.1, 0.15) is 17.2 Å². The lowest BCUT2D eigenvalue weighted by Gasteiger charge is -2.15. The van der Waals surface area contributed by atoms with Gasteiger partial charge in [0.25, 0.3) is 12.4 Å². The van der Waals surface area contributed by atoms with Gasteiger partial charge in [0.15, 0.2) is 0 Å². The number of carbonyl (C=O) groups is 2. The third-order valence-electron chi connectivity index (χ3n) is 2.79. The molecule has 0 bridgehead atoms. The molecule has 0 aliphatic carbocycles. The number of amides is 1. The zero-order valence-electron chi connectivity index (χ0n) is 11.3. The topological polar surface area (TPSA) is 64.6 Å². The molecule has 0 fully saturated rings. The van der Waals surface area contributed by atoms with Crippen LogP contribution in [0.5, 0.6) is 0 Å². The number of benzene rings is 2. The van der Waals surface area contributed by atoms with Gasteiger partial charge in [-0.15, -0.1) is 0 Å². The Morgan fingerprint density at radius 1 is 1.05 bits per heavy atom. The molecule has 1 unspecified atom stereocenters. The molecule has 108 valence electrons. The van der Waals surface area contributed by atoms with Gasteiger partial charge in [0.1, 0.15) is 0 Å². The monoisotopic (exact) mass is 285 g/mol. The maximum absolute atomic E-state index is 12.0. The maximum Gasteiger partial charge on any atom is 0.294 e. The van der Waals surface area contributed by atoms with Crippen LogP contribution >= 0.6 is 0 Å². The molecule has 0 radical (unpaired) electrons. The number of hydrogen-bond acceptors (Lipinski definition) is 4. The SMILES string of the molecule is O=COC(C(=O)NOCc1ccccc1)c1ccccc1. The van der Waals surface area contributed by atoms with Crippen molar-refractivity contribution in [2.45, 2.75) is 12.7 Å². The number of carbonyl (C=O) groups excluding carboxylic acids is 2. The highest BCUT2D eigenvalue weighted by atomic mass is 16.7. The zero-order valence-corrected chi connectivity index (χ0v) is 11.3. The van der Waals surface area contributed by atoms with E-state index in [1.165, 1.54) is 0 Å². The molecular weight excluding hydrogens is 270 g/mol. The Bertz CT molecular complexity index is 571. The first-order valence-corrected chi connectivity index (χ1v) is 6.41. The summed E-state index contributed by atoms with van der Waals surface area (Å²) in [5, 5.41) is 0. The van der Waals surface area contributed by atoms with Crippen molar-refractivity contribution in [2.24, 2.45) is 0 Å². The summed E-state index contributed by atoms with van der Waals surface area (Å²) in [5.74, 6) is -0.538. The highest BCUT2D eigenvalue weighted by Gasteiger charge is 2.21. The second-order valence-electron chi connectivity index (χ2n) is 4.26. The molecule has 5 nitrogen and oxygen atoms in total. The first kappa shape index (κ1) is 14.7. The Morgan fingerprint density at radius 3 is 2.29 bits per heavy atom. The zero-order chi connectivity index (χ0) is 14.9. The van der Waals surface area contributed by atoms with E-state index in [0.29, 0.717) is 5.56 Å². The van der Waals surface area contributed by atoms with E-state index in [-0.39, 0.29) is 13.1 Å².